The van der Waals surface area contributed by atoms with Gasteiger partial charge in [-0.15, -0.1) is 0 Å². The van der Waals surface area contributed by atoms with E-state index >= 15 is 0 Å². The molecule has 0 saturated carbocycles. The van der Waals surface area contributed by atoms with Crippen LogP contribution in [-0.4, -0.2) is 28.7 Å². The molecule has 0 unspecified atom stereocenters. The van der Waals surface area contributed by atoms with Gasteiger partial charge in [-0.05, 0) is 23.8 Å². The van der Waals surface area contributed by atoms with E-state index in [0.717, 1.165) is 0 Å². The maximum absolute atomic E-state index is 14.0. The van der Waals surface area contributed by atoms with Crippen molar-refractivity contribution in [1.82, 2.24) is 0 Å². The third-order valence-electron chi connectivity index (χ3n) is 3.40. The lowest BCUT2D eigenvalue weighted by Crippen LogP contribution is -2.27. The molecule has 2 N–H and O–H groups in total. The fourth-order valence-corrected chi connectivity index (χ4v) is 2.30. The van der Waals surface area contributed by atoms with Crippen molar-refractivity contribution in [3.63, 3.8) is 0 Å². The predicted molar refractivity (Wildman–Crippen MR) is 83.1 cm³/mol. The number of nitrogens with zero attached hydrogens (tertiary/aromatic N) is 1. The van der Waals surface area contributed by atoms with Gasteiger partial charge in [-0.25, -0.2) is 9.18 Å². The highest BCUT2D eigenvalue weighted by atomic mass is 19.1. The SMILES string of the molecule is O=C(O)CCN(Cc1ccccc1C(=O)O)c1ccccc1F. The van der Waals surface area contributed by atoms with Crippen LogP contribution in [0, 0.1) is 5.82 Å². The molecule has 23 heavy (non-hydrogen) atoms. The lowest BCUT2D eigenvalue weighted by molar-refractivity contribution is -0.136. The van der Waals surface area contributed by atoms with E-state index in [1.54, 1.807) is 36.4 Å². The summed E-state index contributed by atoms with van der Waals surface area (Å²) in [4.78, 5) is 23.7. The van der Waals surface area contributed by atoms with E-state index in [4.69, 9.17) is 5.11 Å². The molecule has 2 aromatic rings. The van der Waals surface area contributed by atoms with Crippen LogP contribution in [0.1, 0.15) is 22.3 Å². The Morgan fingerprint density at radius 3 is 2.30 bits per heavy atom. The highest BCUT2D eigenvalue weighted by molar-refractivity contribution is 5.89. The van der Waals surface area contributed by atoms with Gasteiger partial charge in [0.15, 0.2) is 0 Å². The number of aromatic carboxylic acids is 1. The molecule has 120 valence electrons. The smallest absolute Gasteiger partial charge is 0.336 e. The first-order chi connectivity index (χ1) is 11.0. The van der Waals surface area contributed by atoms with Gasteiger partial charge in [0.25, 0.3) is 0 Å². The van der Waals surface area contributed by atoms with E-state index in [0.29, 0.717) is 5.56 Å². The molecule has 0 atom stereocenters. The zero-order valence-electron chi connectivity index (χ0n) is 12.3. The Morgan fingerprint density at radius 2 is 1.65 bits per heavy atom. The first-order valence-electron chi connectivity index (χ1n) is 7.01. The van der Waals surface area contributed by atoms with E-state index in [2.05, 4.69) is 0 Å². The van der Waals surface area contributed by atoms with Gasteiger partial charge in [-0.3, -0.25) is 4.79 Å². The number of halogens is 1. The third kappa shape index (κ3) is 4.29. The summed E-state index contributed by atoms with van der Waals surface area (Å²) in [7, 11) is 0. The summed E-state index contributed by atoms with van der Waals surface area (Å²) in [5, 5.41) is 18.1. The van der Waals surface area contributed by atoms with Crippen LogP contribution in [0.25, 0.3) is 0 Å². The lowest BCUT2D eigenvalue weighted by Gasteiger charge is -2.25. The van der Waals surface area contributed by atoms with Crippen molar-refractivity contribution in [2.45, 2.75) is 13.0 Å². The Kier molecular flexibility index (Phi) is 5.30. The first kappa shape index (κ1) is 16.5. The number of hydrogen-bond donors (Lipinski definition) is 2. The van der Waals surface area contributed by atoms with Crippen molar-refractivity contribution in [2.24, 2.45) is 0 Å². The van der Waals surface area contributed by atoms with Gasteiger partial charge < -0.3 is 15.1 Å². The molecule has 0 aromatic heterocycles. The molecule has 2 aromatic carbocycles. The number of benzene rings is 2. The molecule has 0 fully saturated rings. The summed E-state index contributed by atoms with van der Waals surface area (Å²) in [6.07, 6.45) is -0.177. The zero-order chi connectivity index (χ0) is 16.8. The molecule has 5 nitrogen and oxygen atoms in total. The van der Waals surface area contributed by atoms with Crippen LogP contribution in [0.4, 0.5) is 10.1 Å². The monoisotopic (exact) mass is 317 g/mol. The summed E-state index contributed by atoms with van der Waals surface area (Å²) in [5.74, 6) is -2.56. The Bertz CT molecular complexity index is 717. The highest BCUT2D eigenvalue weighted by Crippen LogP contribution is 2.22. The Hall–Kier alpha value is -2.89. The molecule has 6 heteroatoms. The van der Waals surface area contributed by atoms with Crippen LogP contribution in [0.15, 0.2) is 48.5 Å². The number of carbonyl (C=O) groups is 2. The number of anilines is 1. The molecule has 0 bridgehead atoms. The van der Waals surface area contributed by atoms with E-state index in [1.165, 1.54) is 17.0 Å². The minimum absolute atomic E-state index is 0.0736. The van der Waals surface area contributed by atoms with Gasteiger partial charge in [0.1, 0.15) is 5.82 Å². The van der Waals surface area contributed by atoms with Gasteiger partial charge in [0.05, 0.1) is 17.7 Å². The number of carboxylic acid groups (broad SMARTS) is 2. The second-order valence-electron chi connectivity index (χ2n) is 4.98. The van der Waals surface area contributed by atoms with Gasteiger partial charge in [0.2, 0.25) is 0 Å². The average molecular weight is 317 g/mol. The van der Waals surface area contributed by atoms with E-state index in [1.807, 2.05) is 0 Å². The summed E-state index contributed by atoms with van der Waals surface area (Å²) < 4.78 is 14.0. The maximum Gasteiger partial charge on any atom is 0.336 e. The minimum Gasteiger partial charge on any atom is -0.481 e. The Balaban J connectivity index is 2.33. The summed E-state index contributed by atoms with van der Waals surface area (Å²) in [6, 6.07) is 12.4. The van der Waals surface area contributed by atoms with Gasteiger partial charge in [-0.1, -0.05) is 30.3 Å². The molecule has 0 saturated heterocycles. The number of rotatable bonds is 7. The van der Waals surface area contributed by atoms with Crippen LogP contribution in [-0.2, 0) is 11.3 Å². The summed E-state index contributed by atoms with van der Waals surface area (Å²) in [6.45, 7) is 0.181. The van der Waals surface area contributed by atoms with Crippen molar-refractivity contribution >= 4 is 17.6 Å². The molecular formula is C17H16FNO4. The van der Waals surface area contributed by atoms with E-state index < -0.39 is 17.8 Å². The van der Waals surface area contributed by atoms with E-state index in [9.17, 15) is 19.1 Å². The topological polar surface area (TPSA) is 77.8 Å². The summed E-state index contributed by atoms with van der Waals surface area (Å²) in [5.41, 5.74) is 0.853. The van der Waals surface area contributed by atoms with Gasteiger partial charge in [-0.2, -0.15) is 0 Å². The molecule has 2 rings (SSSR count). The molecule has 0 radical (unpaired) electrons. The normalized spacial score (nSPS) is 10.3. The predicted octanol–water partition coefficient (Wildman–Crippen LogP) is 3.01. The van der Waals surface area contributed by atoms with Crippen molar-refractivity contribution in [2.75, 3.05) is 11.4 Å². The van der Waals surface area contributed by atoms with Crippen molar-refractivity contribution in [3.05, 3.63) is 65.5 Å². The van der Waals surface area contributed by atoms with Crippen LogP contribution in [0.5, 0.6) is 0 Å². The Labute approximate surface area is 132 Å². The maximum atomic E-state index is 14.0. The molecule has 0 spiro atoms. The standard InChI is InChI=1S/C17H16FNO4/c18-14-7-3-4-8-15(14)19(10-9-16(20)21)11-12-5-1-2-6-13(12)17(22)23/h1-8H,9-11H2,(H,20,21)(H,22,23). The van der Waals surface area contributed by atoms with Gasteiger partial charge in [0, 0.05) is 13.1 Å². The molecule has 0 aliphatic heterocycles. The molecule has 0 aliphatic carbocycles. The zero-order valence-corrected chi connectivity index (χ0v) is 12.3. The number of para-hydroxylation sites is 1. The van der Waals surface area contributed by atoms with Crippen molar-refractivity contribution < 1.29 is 24.2 Å². The fraction of sp³-hybridized carbons (Fsp3) is 0.176. The minimum atomic E-state index is -1.08. The summed E-state index contributed by atoms with van der Waals surface area (Å²) >= 11 is 0. The second-order valence-corrected chi connectivity index (χ2v) is 4.98. The van der Waals surface area contributed by atoms with Crippen molar-refractivity contribution in [3.8, 4) is 0 Å². The number of hydrogen-bond acceptors (Lipinski definition) is 3. The van der Waals surface area contributed by atoms with Crippen LogP contribution in [0.3, 0.4) is 0 Å². The van der Waals surface area contributed by atoms with E-state index in [-0.39, 0.29) is 30.8 Å². The molecule has 0 amide bonds. The number of carboxylic acids is 2. The third-order valence-corrected chi connectivity index (χ3v) is 3.40. The van der Waals surface area contributed by atoms with Crippen LogP contribution in [0.2, 0.25) is 0 Å². The largest absolute Gasteiger partial charge is 0.481 e. The quantitative estimate of drug-likeness (QED) is 0.821. The second kappa shape index (κ2) is 7.40. The van der Waals surface area contributed by atoms with Crippen molar-refractivity contribution in [1.29, 1.82) is 0 Å². The highest BCUT2D eigenvalue weighted by Gasteiger charge is 2.16. The molecule has 0 heterocycles. The van der Waals surface area contributed by atoms with Crippen LogP contribution < -0.4 is 4.90 Å². The average Bonchev–Trinajstić information content (AvgIpc) is 2.52. The van der Waals surface area contributed by atoms with Crippen LogP contribution >= 0.6 is 0 Å². The molecular weight excluding hydrogens is 301 g/mol. The number of aliphatic carboxylic acids is 1. The lowest BCUT2D eigenvalue weighted by atomic mass is 10.1. The Morgan fingerprint density at radius 1 is 1.00 bits per heavy atom. The van der Waals surface area contributed by atoms with Gasteiger partial charge >= 0.3 is 11.9 Å². The fourth-order valence-electron chi connectivity index (χ4n) is 2.30. The first-order valence-corrected chi connectivity index (χ1v) is 7.01. The molecule has 0 aliphatic rings.